The molecule has 0 atom stereocenters. The fourth-order valence-electron chi connectivity index (χ4n) is 3.32. The molecule has 0 fully saturated rings. The molecule has 0 spiro atoms. The second kappa shape index (κ2) is 8.59. The van der Waals surface area contributed by atoms with Crippen LogP contribution in [0.2, 0.25) is 0 Å². The number of carbonyl (C=O) groups excluding carboxylic acids is 2. The number of likely N-dealkylation sites (N-methyl/N-ethyl adjacent to an activating group) is 2. The number of hydrogen-bond donors (Lipinski definition) is 3. The fourth-order valence-corrected chi connectivity index (χ4v) is 3.32. The van der Waals surface area contributed by atoms with E-state index in [2.05, 4.69) is 15.6 Å². The van der Waals surface area contributed by atoms with Crippen LogP contribution in [0.25, 0.3) is 0 Å². The molecule has 0 radical (unpaired) electrons. The summed E-state index contributed by atoms with van der Waals surface area (Å²) in [7, 11) is 7.86. The predicted octanol–water partition coefficient (Wildman–Crippen LogP) is 1.51. The summed E-state index contributed by atoms with van der Waals surface area (Å²) in [5, 5.41) is 16.7. The summed E-state index contributed by atoms with van der Waals surface area (Å²) in [4.78, 5) is 34.5. The first-order valence-corrected chi connectivity index (χ1v) is 9.51. The van der Waals surface area contributed by atoms with Gasteiger partial charge in [0.25, 0.3) is 0 Å². The third-order valence-electron chi connectivity index (χ3n) is 4.81. The Bertz CT molecular complexity index is 940. The van der Waals surface area contributed by atoms with Gasteiger partial charge in [-0.1, -0.05) is 0 Å². The molecule has 1 aliphatic carbocycles. The highest BCUT2D eigenvalue weighted by molar-refractivity contribution is 6.32. The number of ketones is 2. The lowest BCUT2D eigenvalue weighted by Crippen LogP contribution is -2.27. The van der Waals surface area contributed by atoms with Gasteiger partial charge in [-0.3, -0.25) is 14.6 Å². The molecular weight excluding hydrogens is 370 g/mol. The largest absolute Gasteiger partial charge is 0.506 e. The average Bonchev–Trinajstić information content (AvgIpc) is 2.66. The number of aromatic hydroxyl groups is 1. The van der Waals surface area contributed by atoms with E-state index in [1.165, 1.54) is 12.4 Å². The zero-order valence-electron chi connectivity index (χ0n) is 17.2. The van der Waals surface area contributed by atoms with E-state index in [9.17, 15) is 14.7 Å². The van der Waals surface area contributed by atoms with E-state index in [1.807, 2.05) is 44.1 Å². The SMILES string of the molecule is CN(C)CCNc1ccc(NCCN(C)C)c2c1C(=O)c1cncc(O)c1C2=O. The molecule has 3 rings (SSSR count). The van der Waals surface area contributed by atoms with Crippen molar-refractivity contribution >= 4 is 22.9 Å². The Balaban J connectivity index is 2.06. The van der Waals surface area contributed by atoms with Crippen molar-refractivity contribution in [2.24, 2.45) is 0 Å². The van der Waals surface area contributed by atoms with Gasteiger partial charge in [-0.15, -0.1) is 0 Å². The molecule has 154 valence electrons. The van der Waals surface area contributed by atoms with Crippen LogP contribution in [-0.4, -0.2) is 85.8 Å². The van der Waals surface area contributed by atoms with Gasteiger partial charge < -0.3 is 25.5 Å². The molecule has 1 heterocycles. The summed E-state index contributed by atoms with van der Waals surface area (Å²) in [6.07, 6.45) is 2.53. The minimum atomic E-state index is -0.377. The first-order valence-electron chi connectivity index (χ1n) is 9.51. The number of rotatable bonds is 8. The maximum Gasteiger partial charge on any atom is 0.200 e. The predicted molar refractivity (Wildman–Crippen MR) is 113 cm³/mol. The van der Waals surface area contributed by atoms with Crippen LogP contribution in [0.4, 0.5) is 11.4 Å². The second-order valence-corrected chi connectivity index (χ2v) is 7.61. The Morgan fingerprint density at radius 1 is 0.828 bits per heavy atom. The monoisotopic (exact) mass is 397 g/mol. The molecule has 0 aliphatic heterocycles. The van der Waals surface area contributed by atoms with Gasteiger partial charge >= 0.3 is 0 Å². The van der Waals surface area contributed by atoms with Crippen molar-refractivity contribution < 1.29 is 14.7 Å². The first kappa shape index (κ1) is 20.8. The van der Waals surface area contributed by atoms with Crippen molar-refractivity contribution in [2.75, 3.05) is 65.0 Å². The fraction of sp³-hybridized carbons (Fsp3) is 0.381. The minimum absolute atomic E-state index is 0.0126. The molecule has 0 saturated heterocycles. The Hall–Kier alpha value is -2.97. The maximum atomic E-state index is 13.3. The molecule has 8 nitrogen and oxygen atoms in total. The van der Waals surface area contributed by atoms with Crippen LogP contribution in [-0.2, 0) is 0 Å². The lowest BCUT2D eigenvalue weighted by Gasteiger charge is -2.24. The summed E-state index contributed by atoms with van der Waals surface area (Å²) < 4.78 is 0. The molecule has 2 aromatic rings. The molecule has 3 N–H and O–H groups in total. The molecule has 1 aromatic heterocycles. The Morgan fingerprint density at radius 3 is 1.86 bits per heavy atom. The zero-order chi connectivity index (χ0) is 21.1. The molecule has 29 heavy (non-hydrogen) atoms. The summed E-state index contributed by atoms with van der Waals surface area (Å²) in [6, 6.07) is 3.62. The van der Waals surface area contributed by atoms with E-state index in [0.717, 1.165) is 13.1 Å². The second-order valence-electron chi connectivity index (χ2n) is 7.61. The van der Waals surface area contributed by atoms with E-state index in [-0.39, 0.29) is 34.0 Å². The topological polar surface area (TPSA) is 97.8 Å². The molecule has 0 saturated carbocycles. The van der Waals surface area contributed by atoms with Crippen LogP contribution in [0.5, 0.6) is 5.75 Å². The third-order valence-corrected chi connectivity index (χ3v) is 4.81. The van der Waals surface area contributed by atoms with Gasteiger partial charge in [0.15, 0.2) is 5.78 Å². The number of carbonyl (C=O) groups is 2. The van der Waals surface area contributed by atoms with Crippen molar-refractivity contribution in [2.45, 2.75) is 0 Å². The lowest BCUT2D eigenvalue weighted by molar-refractivity contribution is 0.0977. The van der Waals surface area contributed by atoms with Gasteiger partial charge in [0.2, 0.25) is 5.78 Å². The van der Waals surface area contributed by atoms with Gasteiger partial charge in [0.1, 0.15) is 5.75 Å². The van der Waals surface area contributed by atoms with E-state index in [1.54, 1.807) is 6.07 Å². The highest BCUT2D eigenvalue weighted by Gasteiger charge is 2.36. The Morgan fingerprint density at radius 2 is 1.34 bits per heavy atom. The molecule has 1 aliphatic rings. The number of nitrogens with zero attached hydrogens (tertiary/aromatic N) is 3. The maximum absolute atomic E-state index is 13.3. The van der Waals surface area contributed by atoms with Crippen LogP contribution in [0.15, 0.2) is 24.5 Å². The number of pyridine rings is 1. The van der Waals surface area contributed by atoms with Crippen molar-refractivity contribution in [3.8, 4) is 5.75 Å². The Kier molecular flexibility index (Phi) is 6.14. The minimum Gasteiger partial charge on any atom is -0.506 e. The molecule has 8 heteroatoms. The highest BCUT2D eigenvalue weighted by Crippen LogP contribution is 2.38. The standard InChI is InChI=1S/C21H27N5O3/c1-25(2)9-7-23-14-5-6-15(24-8-10-26(3)4)19-18(14)20(28)13-11-22-12-16(27)17(13)21(19)29/h5-6,11-12,23-24,27H,7-10H2,1-4H3. The number of anilines is 2. The van der Waals surface area contributed by atoms with Crippen LogP contribution >= 0.6 is 0 Å². The van der Waals surface area contributed by atoms with Crippen molar-refractivity contribution in [1.82, 2.24) is 14.8 Å². The molecule has 0 amide bonds. The summed E-state index contributed by atoms with van der Waals surface area (Å²) in [5.74, 6) is -0.976. The normalized spacial score (nSPS) is 12.9. The molecular formula is C21H27N5O3. The summed E-state index contributed by atoms with van der Waals surface area (Å²) >= 11 is 0. The van der Waals surface area contributed by atoms with E-state index < -0.39 is 0 Å². The number of aromatic nitrogens is 1. The number of nitrogens with one attached hydrogen (secondary N) is 2. The van der Waals surface area contributed by atoms with E-state index in [4.69, 9.17) is 0 Å². The van der Waals surface area contributed by atoms with Gasteiger partial charge in [0, 0.05) is 43.8 Å². The quantitative estimate of drug-likeness (QED) is 0.526. The number of hydrogen-bond acceptors (Lipinski definition) is 8. The van der Waals surface area contributed by atoms with E-state index >= 15 is 0 Å². The van der Waals surface area contributed by atoms with Crippen molar-refractivity contribution in [3.05, 3.63) is 46.8 Å². The zero-order valence-corrected chi connectivity index (χ0v) is 17.2. The van der Waals surface area contributed by atoms with Crippen molar-refractivity contribution in [3.63, 3.8) is 0 Å². The number of fused-ring (bicyclic) bond motifs is 2. The summed E-state index contributed by atoms with van der Waals surface area (Å²) in [6.45, 7) is 2.78. The van der Waals surface area contributed by atoms with Crippen LogP contribution < -0.4 is 10.6 Å². The van der Waals surface area contributed by atoms with Crippen molar-refractivity contribution in [1.29, 1.82) is 0 Å². The highest BCUT2D eigenvalue weighted by atomic mass is 16.3. The van der Waals surface area contributed by atoms with Gasteiger partial charge in [-0.2, -0.15) is 0 Å². The van der Waals surface area contributed by atoms with Gasteiger partial charge in [-0.05, 0) is 40.3 Å². The summed E-state index contributed by atoms with van der Waals surface area (Å²) in [5.41, 5.74) is 1.94. The third kappa shape index (κ3) is 4.23. The molecule has 0 unspecified atom stereocenters. The first-order chi connectivity index (χ1) is 13.8. The molecule has 1 aromatic carbocycles. The smallest absolute Gasteiger partial charge is 0.200 e. The van der Waals surface area contributed by atoms with E-state index in [0.29, 0.717) is 30.0 Å². The molecule has 0 bridgehead atoms. The van der Waals surface area contributed by atoms with Gasteiger partial charge in [0.05, 0.1) is 28.5 Å². The average molecular weight is 397 g/mol. The van der Waals surface area contributed by atoms with Gasteiger partial charge in [-0.25, -0.2) is 0 Å². The Labute approximate surface area is 170 Å². The lowest BCUT2D eigenvalue weighted by atomic mass is 9.82. The van der Waals surface area contributed by atoms with Crippen LogP contribution in [0.1, 0.15) is 31.8 Å². The van der Waals surface area contributed by atoms with Crippen LogP contribution in [0, 0.1) is 0 Å². The van der Waals surface area contributed by atoms with Crippen LogP contribution in [0.3, 0.4) is 0 Å². The number of benzene rings is 1.